The Kier molecular flexibility index (Phi) is 3.36. The standard InChI is InChI=1S/C19H14N2O3S/c20-19(22)18-17(15-7-3-4-8-16(15)25(18,23)24)21-14-10-9-12-5-1-2-6-13(12)11-14/h1-11,21H,(H2,20,22). The van der Waals surface area contributed by atoms with Gasteiger partial charge in [-0.15, -0.1) is 0 Å². The van der Waals surface area contributed by atoms with Gasteiger partial charge in [0.2, 0.25) is 9.84 Å². The molecule has 25 heavy (non-hydrogen) atoms. The van der Waals surface area contributed by atoms with Gasteiger partial charge in [0, 0.05) is 11.3 Å². The number of hydrogen-bond acceptors (Lipinski definition) is 4. The molecule has 3 N–H and O–H groups in total. The Balaban J connectivity index is 1.89. The zero-order valence-corrected chi connectivity index (χ0v) is 13.9. The minimum absolute atomic E-state index is 0.0899. The number of nitrogens with two attached hydrogens (primary N) is 1. The van der Waals surface area contributed by atoms with Crippen molar-refractivity contribution in [2.75, 3.05) is 5.32 Å². The number of amides is 1. The minimum atomic E-state index is -3.91. The van der Waals surface area contributed by atoms with Crippen molar-refractivity contribution < 1.29 is 13.2 Å². The Bertz CT molecular complexity index is 1160. The monoisotopic (exact) mass is 350 g/mol. The number of nitrogens with one attached hydrogen (secondary N) is 1. The average Bonchev–Trinajstić information content (AvgIpc) is 2.82. The summed E-state index contributed by atoms with van der Waals surface area (Å²) in [7, 11) is -3.91. The summed E-state index contributed by atoms with van der Waals surface area (Å²) in [6, 6.07) is 20.0. The van der Waals surface area contributed by atoms with Gasteiger partial charge < -0.3 is 11.1 Å². The summed E-state index contributed by atoms with van der Waals surface area (Å²) in [5.74, 6) is -0.973. The van der Waals surface area contributed by atoms with Gasteiger partial charge in [-0.2, -0.15) is 0 Å². The molecule has 0 aromatic heterocycles. The molecule has 0 radical (unpaired) electrons. The van der Waals surface area contributed by atoms with Crippen LogP contribution in [0.4, 0.5) is 5.69 Å². The Hall–Kier alpha value is -3.12. The predicted octanol–water partition coefficient (Wildman–Crippen LogP) is 2.89. The molecular formula is C19H14N2O3S. The van der Waals surface area contributed by atoms with E-state index >= 15 is 0 Å². The summed E-state index contributed by atoms with van der Waals surface area (Å²) in [5.41, 5.74) is 6.72. The maximum atomic E-state index is 12.6. The second kappa shape index (κ2) is 5.46. The molecule has 1 aliphatic rings. The first kappa shape index (κ1) is 15.4. The van der Waals surface area contributed by atoms with E-state index < -0.39 is 20.6 Å². The highest BCUT2D eigenvalue weighted by Crippen LogP contribution is 2.39. The van der Waals surface area contributed by atoms with Gasteiger partial charge in [-0.3, -0.25) is 4.79 Å². The topological polar surface area (TPSA) is 89.3 Å². The fraction of sp³-hybridized carbons (Fsp3) is 0. The first-order valence-corrected chi connectivity index (χ1v) is 9.11. The van der Waals surface area contributed by atoms with Crippen LogP contribution in [0.25, 0.3) is 16.5 Å². The van der Waals surface area contributed by atoms with Crippen LogP contribution in [-0.4, -0.2) is 14.3 Å². The van der Waals surface area contributed by atoms with Crippen LogP contribution in [0.2, 0.25) is 0 Å². The molecule has 0 aliphatic carbocycles. The summed E-state index contributed by atoms with van der Waals surface area (Å²) in [6.45, 7) is 0. The molecule has 4 rings (SSSR count). The van der Waals surface area contributed by atoms with Gasteiger partial charge in [0.1, 0.15) is 0 Å². The van der Waals surface area contributed by atoms with E-state index in [1.165, 1.54) is 6.07 Å². The smallest absolute Gasteiger partial charge is 0.262 e. The Morgan fingerprint density at radius 3 is 2.32 bits per heavy atom. The molecule has 3 aromatic rings. The Morgan fingerprint density at radius 2 is 1.56 bits per heavy atom. The van der Waals surface area contributed by atoms with Crippen molar-refractivity contribution in [2.24, 2.45) is 5.73 Å². The molecule has 0 spiro atoms. The van der Waals surface area contributed by atoms with Gasteiger partial charge >= 0.3 is 0 Å². The zero-order chi connectivity index (χ0) is 17.6. The molecule has 6 heteroatoms. The summed E-state index contributed by atoms with van der Waals surface area (Å²) in [6.07, 6.45) is 0. The lowest BCUT2D eigenvalue weighted by molar-refractivity contribution is -0.113. The number of anilines is 1. The van der Waals surface area contributed by atoms with E-state index in [1.54, 1.807) is 18.2 Å². The van der Waals surface area contributed by atoms with Crippen LogP contribution in [0.1, 0.15) is 5.56 Å². The van der Waals surface area contributed by atoms with Gasteiger partial charge in [-0.25, -0.2) is 8.42 Å². The molecule has 1 amide bonds. The molecule has 0 unspecified atom stereocenters. The van der Waals surface area contributed by atoms with E-state index in [9.17, 15) is 13.2 Å². The molecule has 1 heterocycles. The number of benzene rings is 3. The van der Waals surface area contributed by atoms with E-state index in [4.69, 9.17) is 5.73 Å². The maximum absolute atomic E-state index is 12.6. The molecular weight excluding hydrogens is 336 g/mol. The summed E-state index contributed by atoms with van der Waals surface area (Å²) in [4.78, 5) is 11.5. The molecule has 0 bridgehead atoms. The van der Waals surface area contributed by atoms with Crippen molar-refractivity contribution >= 4 is 37.9 Å². The number of carbonyl (C=O) groups excluding carboxylic acids is 1. The maximum Gasteiger partial charge on any atom is 0.262 e. The van der Waals surface area contributed by atoms with Crippen LogP contribution in [-0.2, 0) is 14.6 Å². The zero-order valence-electron chi connectivity index (χ0n) is 13.1. The molecule has 3 aromatic carbocycles. The highest BCUT2D eigenvalue weighted by Gasteiger charge is 2.38. The Labute approximate surface area is 144 Å². The van der Waals surface area contributed by atoms with E-state index in [1.807, 2.05) is 42.5 Å². The number of hydrogen-bond donors (Lipinski definition) is 2. The van der Waals surface area contributed by atoms with Crippen molar-refractivity contribution in [3.63, 3.8) is 0 Å². The van der Waals surface area contributed by atoms with Gasteiger partial charge in [-0.1, -0.05) is 48.5 Å². The number of primary amides is 1. The highest BCUT2D eigenvalue weighted by atomic mass is 32.2. The van der Waals surface area contributed by atoms with Gasteiger partial charge in [-0.05, 0) is 29.0 Å². The van der Waals surface area contributed by atoms with Gasteiger partial charge in [0.25, 0.3) is 5.91 Å². The Morgan fingerprint density at radius 1 is 0.880 bits per heavy atom. The highest BCUT2D eigenvalue weighted by molar-refractivity contribution is 7.97. The molecule has 1 aliphatic heterocycles. The van der Waals surface area contributed by atoms with E-state index in [-0.39, 0.29) is 10.6 Å². The van der Waals surface area contributed by atoms with Gasteiger partial charge in [0.15, 0.2) is 4.91 Å². The van der Waals surface area contributed by atoms with Crippen molar-refractivity contribution in [1.29, 1.82) is 0 Å². The molecule has 0 atom stereocenters. The third kappa shape index (κ3) is 2.38. The second-order valence-corrected chi connectivity index (χ2v) is 7.61. The number of fused-ring (bicyclic) bond motifs is 2. The SMILES string of the molecule is NC(=O)C1=C(Nc2ccc3ccccc3c2)c2ccccc2S1(=O)=O. The lowest BCUT2D eigenvalue weighted by atomic mass is 10.1. The minimum Gasteiger partial charge on any atom is -0.365 e. The van der Waals surface area contributed by atoms with Crippen molar-refractivity contribution in [3.05, 3.63) is 77.2 Å². The lowest BCUT2D eigenvalue weighted by Gasteiger charge is -2.10. The van der Waals surface area contributed by atoms with E-state index in [0.717, 1.165) is 10.8 Å². The van der Waals surface area contributed by atoms with Crippen molar-refractivity contribution in [2.45, 2.75) is 4.90 Å². The predicted molar refractivity (Wildman–Crippen MR) is 97.3 cm³/mol. The fourth-order valence-electron chi connectivity index (χ4n) is 3.07. The summed E-state index contributed by atoms with van der Waals surface area (Å²) >= 11 is 0. The molecule has 0 fully saturated rings. The first-order chi connectivity index (χ1) is 12.0. The van der Waals surface area contributed by atoms with E-state index in [2.05, 4.69) is 5.32 Å². The largest absolute Gasteiger partial charge is 0.365 e. The van der Waals surface area contributed by atoms with Crippen molar-refractivity contribution in [3.8, 4) is 0 Å². The normalized spacial score (nSPS) is 15.2. The van der Waals surface area contributed by atoms with E-state index in [0.29, 0.717) is 11.3 Å². The number of rotatable bonds is 3. The van der Waals surface area contributed by atoms with Crippen LogP contribution < -0.4 is 11.1 Å². The van der Waals surface area contributed by atoms with Crippen molar-refractivity contribution in [1.82, 2.24) is 0 Å². The van der Waals surface area contributed by atoms with Crippen LogP contribution in [0.3, 0.4) is 0 Å². The summed E-state index contributed by atoms with van der Waals surface area (Å²) < 4.78 is 25.3. The first-order valence-electron chi connectivity index (χ1n) is 7.63. The molecule has 0 saturated carbocycles. The fourth-order valence-corrected chi connectivity index (χ4v) is 4.70. The number of sulfone groups is 1. The quantitative estimate of drug-likeness (QED) is 0.760. The second-order valence-electron chi connectivity index (χ2n) is 5.75. The van der Waals surface area contributed by atoms with Crippen LogP contribution >= 0.6 is 0 Å². The summed E-state index contributed by atoms with van der Waals surface area (Å²) in [5, 5.41) is 5.14. The molecule has 5 nitrogen and oxygen atoms in total. The lowest BCUT2D eigenvalue weighted by Crippen LogP contribution is -2.20. The van der Waals surface area contributed by atoms with Crippen LogP contribution in [0, 0.1) is 0 Å². The molecule has 0 saturated heterocycles. The average molecular weight is 350 g/mol. The number of carbonyl (C=O) groups is 1. The van der Waals surface area contributed by atoms with Gasteiger partial charge in [0.05, 0.1) is 10.6 Å². The third-order valence-electron chi connectivity index (χ3n) is 4.18. The third-order valence-corrected chi connectivity index (χ3v) is 6.06. The molecule has 124 valence electrons. The van der Waals surface area contributed by atoms with Crippen LogP contribution in [0.5, 0.6) is 0 Å². The van der Waals surface area contributed by atoms with Crippen LogP contribution in [0.15, 0.2) is 76.5 Å².